The van der Waals surface area contributed by atoms with E-state index in [0.29, 0.717) is 32.7 Å². The molecule has 144 valence electrons. The molecule has 0 aliphatic carbocycles. The summed E-state index contributed by atoms with van der Waals surface area (Å²) in [6.45, 7) is 19.3. The lowest BCUT2D eigenvalue weighted by molar-refractivity contribution is -0.211. The van der Waals surface area contributed by atoms with Crippen LogP contribution in [0.4, 0.5) is 0 Å². The van der Waals surface area contributed by atoms with Crippen molar-refractivity contribution in [1.29, 1.82) is 0 Å². The Morgan fingerprint density at radius 3 is 1.71 bits per heavy atom. The van der Waals surface area contributed by atoms with Gasteiger partial charge in [-0.15, -0.1) is 0 Å². The van der Waals surface area contributed by atoms with Crippen LogP contribution < -0.4 is 16.0 Å². The van der Waals surface area contributed by atoms with Gasteiger partial charge in [0, 0.05) is 37.1 Å². The largest absolute Gasteiger partial charge is 0.354 e. The first kappa shape index (κ1) is 23.3. The van der Waals surface area contributed by atoms with Gasteiger partial charge in [-0.1, -0.05) is 0 Å². The van der Waals surface area contributed by atoms with Gasteiger partial charge in [0.1, 0.15) is 0 Å². The molecule has 1 amide bonds. The first-order valence-electron chi connectivity index (χ1n) is 8.85. The quantitative estimate of drug-likeness (QED) is 0.395. The smallest absolute Gasteiger partial charge is 0.221 e. The van der Waals surface area contributed by atoms with Gasteiger partial charge in [0.15, 0.2) is 5.79 Å². The highest BCUT2D eigenvalue weighted by Gasteiger charge is 2.19. The van der Waals surface area contributed by atoms with E-state index in [0.717, 1.165) is 6.54 Å². The average Bonchev–Trinajstić information content (AvgIpc) is 2.37. The van der Waals surface area contributed by atoms with E-state index in [1.807, 2.05) is 13.8 Å². The molecule has 0 spiro atoms. The molecule has 0 heterocycles. The van der Waals surface area contributed by atoms with Crippen LogP contribution in [0.1, 0.15) is 61.8 Å². The number of amides is 1. The molecular weight excluding hydrogens is 306 g/mol. The van der Waals surface area contributed by atoms with Gasteiger partial charge in [0.25, 0.3) is 0 Å². The van der Waals surface area contributed by atoms with Gasteiger partial charge in [0.2, 0.25) is 5.91 Å². The average molecular weight is 346 g/mol. The van der Waals surface area contributed by atoms with Gasteiger partial charge < -0.3 is 25.4 Å². The molecule has 0 fully saturated rings. The van der Waals surface area contributed by atoms with Gasteiger partial charge in [-0.05, 0) is 55.4 Å². The summed E-state index contributed by atoms with van der Waals surface area (Å²) in [5.41, 5.74) is 0.118. The Morgan fingerprint density at radius 2 is 1.21 bits per heavy atom. The van der Waals surface area contributed by atoms with Crippen molar-refractivity contribution in [3.05, 3.63) is 0 Å². The van der Waals surface area contributed by atoms with Gasteiger partial charge in [-0.25, -0.2) is 0 Å². The van der Waals surface area contributed by atoms with Crippen molar-refractivity contribution < 1.29 is 14.3 Å². The van der Waals surface area contributed by atoms with Crippen LogP contribution >= 0.6 is 0 Å². The van der Waals surface area contributed by atoms with Crippen LogP contribution in [0.5, 0.6) is 0 Å². The Labute approximate surface area is 148 Å². The Kier molecular flexibility index (Phi) is 10.0. The van der Waals surface area contributed by atoms with E-state index in [2.05, 4.69) is 57.5 Å². The third kappa shape index (κ3) is 16.2. The monoisotopic (exact) mass is 345 g/mol. The van der Waals surface area contributed by atoms with Crippen molar-refractivity contribution in [3.8, 4) is 0 Å². The Morgan fingerprint density at radius 1 is 0.750 bits per heavy atom. The van der Waals surface area contributed by atoms with Crippen LogP contribution in [0.15, 0.2) is 0 Å². The molecule has 3 N–H and O–H groups in total. The van der Waals surface area contributed by atoms with Crippen LogP contribution in [0.3, 0.4) is 0 Å². The number of hydrogen-bond donors (Lipinski definition) is 3. The standard InChI is InChI=1S/C18H39N3O3/c1-16(2,3)20-10-9-15(22)19-11-13-23-18(7,8)24-14-12-21-17(4,5)6/h20-21H,9-14H2,1-8H3,(H,19,22). The van der Waals surface area contributed by atoms with E-state index in [-0.39, 0.29) is 17.0 Å². The lowest BCUT2D eigenvalue weighted by Crippen LogP contribution is -2.41. The molecule has 0 saturated carbocycles. The predicted octanol–water partition coefficient (Wildman–Crippen LogP) is 2.04. The molecule has 0 aliphatic rings. The highest BCUT2D eigenvalue weighted by atomic mass is 16.7. The second kappa shape index (κ2) is 10.3. The van der Waals surface area contributed by atoms with E-state index < -0.39 is 5.79 Å². The molecule has 0 aromatic heterocycles. The van der Waals surface area contributed by atoms with Gasteiger partial charge in [-0.3, -0.25) is 4.79 Å². The number of nitrogens with one attached hydrogen (secondary N) is 3. The summed E-state index contributed by atoms with van der Waals surface area (Å²) < 4.78 is 11.4. The number of carbonyl (C=O) groups is 1. The van der Waals surface area contributed by atoms with Crippen molar-refractivity contribution in [2.24, 2.45) is 0 Å². The molecule has 24 heavy (non-hydrogen) atoms. The molecule has 0 aromatic carbocycles. The van der Waals surface area contributed by atoms with Crippen LogP contribution in [-0.2, 0) is 14.3 Å². The highest BCUT2D eigenvalue weighted by molar-refractivity contribution is 5.76. The minimum atomic E-state index is -0.655. The maximum absolute atomic E-state index is 11.7. The number of ether oxygens (including phenoxy) is 2. The molecule has 0 saturated heterocycles. The van der Waals surface area contributed by atoms with Crippen LogP contribution in [0.2, 0.25) is 0 Å². The molecule has 6 heteroatoms. The summed E-state index contributed by atoms with van der Waals surface area (Å²) >= 11 is 0. The lowest BCUT2D eigenvalue weighted by Gasteiger charge is -2.27. The molecule has 0 atom stereocenters. The van der Waals surface area contributed by atoms with Crippen molar-refractivity contribution in [2.45, 2.75) is 78.7 Å². The Bertz CT molecular complexity index is 358. The van der Waals surface area contributed by atoms with Crippen LogP contribution in [0.25, 0.3) is 0 Å². The first-order valence-corrected chi connectivity index (χ1v) is 8.85. The van der Waals surface area contributed by atoms with Crippen molar-refractivity contribution >= 4 is 5.91 Å². The second-order valence-electron chi connectivity index (χ2n) is 8.55. The third-order valence-corrected chi connectivity index (χ3v) is 3.09. The maximum Gasteiger partial charge on any atom is 0.221 e. The molecule has 0 aromatic rings. The van der Waals surface area contributed by atoms with E-state index in [4.69, 9.17) is 9.47 Å². The van der Waals surface area contributed by atoms with E-state index in [1.54, 1.807) is 0 Å². The fourth-order valence-corrected chi connectivity index (χ4v) is 1.89. The molecule has 0 rings (SSSR count). The van der Waals surface area contributed by atoms with Crippen molar-refractivity contribution in [1.82, 2.24) is 16.0 Å². The van der Waals surface area contributed by atoms with Gasteiger partial charge in [-0.2, -0.15) is 0 Å². The number of hydrogen-bond acceptors (Lipinski definition) is 5. The van der Waals surface area contributed by atoms with E-state index >= 15 is 0 Å². The molecular formula is C18H39N3O3. The van der Waals surface area contributed by atoms with Crippen molar-refractivity contribution in [2.75, 3.05) is 32.8 Å². The van der Waals surface area contributed by atoms with Crippen molar-refractivity contribution in [3.63, 3.8) is 0 Å². The zero-order chi connectivity index (χ0) is 18.9. The second-order valence-corrected chi connectivity index (χ2v) is 8.55. The molecule has 0 radical (unpaired) electrons. The SMILES string of the molecule is CC(C)(C)NCCOC(C)(C)OCCNC(=O)CCNC(C)(C)C. The molecule has 0 bridgehead atoms. The van der Waals surface area contributed by atoms with E-state index in [1.165, 1.54) is 0 Å². The third-order valence-electron chi connectivity index (χ3n) is 3.09. The first-order chi connectivity index (χ1) is 10.8. The van der Waals surface area contributed by atoms with E-state index in [9.17, 15) is 4.79 Å². The summed E-state index contributed by atoms with van der Waals surface area (Å²) in [5, 5.41) is 9.51. The Balaban J connectivity index is 3.72. The predicted molar refractivity (Wildman–Crippen MR) is 99.1 cm³/mol. The minimum absolute atomic E-state index is 0.0310. The molecule has 6 nitrogen and oxygen atoms in total. The summed E-state index contributed by atoms with van der Waals surface area (Å²) in [6.07, 6.45) is 0.468. The fourth-order valence-electron chi connectivity index (χ4n) is 1.89. The molecule has 0 aliphatic heterocycles. The molecule has 0 unspecified atom stereocenters. The lowest BCUT2D eigenvalue weighted by atomic mass is 10.1. The summed E-state index contributed by atoms with van der Waals surface area (Å²) in [4.78, 5) is 11.7. The fraction of sp³-hybridized carbons (Fsp3) is 0.944. The summed E-state index contributed by atoms with van der Waals surface area (Å²) in [7, 11) is 0. The number of rotatable bonds is 11. The summed E-state index contributed by atoms with van der Waals surface area (Å²) in [6, 6.07) is 0. The topological polar surface area (TPSA) is 71.6 Å². The summed E-state index contributed by atoms with van der Waals surface area (Å²) in [5.74, 6) is -0.624. The van der Waals surface area contributed by atoms with Crippen LogP contribution in [-0.4, -0.2) is 55.6 Å². The maximum atomic E-state index is 11.7. The number of carbonyl (C=O) groups excluding carboxylic acids is 1. The normalized spacial score (nSPS) is 13.2. The minimum Gasteiger partial charge on any atom is -0.354 e. The van der Waals surface area contributed by atoms with Crippen LogP contribution in [0, 0.1) is 0 Å². The van der Waals surface area contributed by atoms with Gasteiger partial charge >= 0.3 is 0 Å². The van der Waals surface area contributed by atoms with Gasteiger partial charge in [0.05, 0.1) is 13.2 Å². The highest BCUT2D eigenvalue weighted by Crippen LogP contribution is 2.10. The zero-order valence-corrected chi connectivity index (χ0v) is 17.0. The Hall–Kier alpha value is -0.690. The zero-order valence-electron chi connectivity index (χ0n) is 17.0.